The van der Waals surface area contributed by atoms with E-state index in [2.05, 4.69) is 23.6 Å². The molecule has 0 aliphatic rings. The molecule has 0 atom stereocenters. The summed E-state index contributed by atoms with van der Waals surface area (Å²) in [5.74, 6) is -0.738. The fraction of sp³-hybridized carbons (Fsp3) is 0.636. The Kier molecular flexibility index (Phi) is 5.89. The molecule has 8 heteroatoms. The largest absolute Gasteiger partial charge is 0.476 e. The summed E-state index contributed by atoms with van der Waals surface area (Å²) in [6.07, 6.45) is 2.72. The highest BCUT2D eigenvalue weighted by Crippen LogP contribution is 2.19. The first-order valence-corrected chi connectivity index (χ1v) is 8.37. The zero-order chi connectivity index (χ0) is 14.5. The summed E-state index contributed by atoms with van der Waals surface area (Å²) in [7, 11) is -3.77. The molecule has 0 aliphatic heterocycles. The first kappa shape index (κ1) is 16.1. The Bertz CT molecular complexity index is 523. The van der Waals surface area contributed by atoms with E-state index in [1.165, 1.54) is 5.51 Å². The fourth-order valence-corrected chi connectivity index (χ4v) is 3.78. The van der Waals surface area contributed by atoms with Crippen molar-refractivity contribution in [1.82, 2.24) is 9.71 Å². The third-order valence-corrected chi connectivity index (χ3v) is 5.31. The smallest absolute Gasteiger partial charge is 0.356 e. The maximum absolute atomic E-state index is 11.9. The van der Waals surface area contributed by atoms with Gasteiger partial charge in [0.1, 0.15) is 0 Å². The van der Waals surface area contributed by atoms with Crippen molar-refractivity contribution in [3.05, 3.63) is 11.2 Å². The Morgan fingerprint density at radius 1 is 1.47 bits per heavy atom. The van der Waals surface area contributed by atoms with Crippen LogP contribution in [0.3, 0.4) is 0 Å². The van der Waals surface area contributed by atoms with Crippen molar-refractivity contribution < 1.29 is 18.3 Å². The number of aromatic carboxylic acids is 1. The van der Waals surface area contributed by atoms with E-state index in [1.807, 2.05) is 0 Å². The molecule has 0 bridgehead atoms. The number of unbranched alkanes of at least 4 members (excludes halogenated alkanes) is 1. The number of carboxylic acids is 1. The number of hydrogen-bond donors (Lipinski definition) is 2. The number of rotatable bonds is 8. The second-order valence-electron chi connectivity index (χ2n) is 4.58. The minimum absolute atomic E-state index is 0.233. The zero-order valence-corrected chi connectivity index (χ0v) is 12.6. The van der Waals surface area contributed by atoms with Crippen LogP contribution in [0.1, 0.15) is 43.6 Å². The van der Waals surface area contributed by atoms with Crippen LogP contribution >= 0.6 is 11.3 Å². The molecule has 1 rings (SSSR count). The Hall–Kier alpha value is -0.990. The van der Waals surface area contributed by atoms with Crippen LogP contribution in [-0.2, 0) is 10.0 Å². The van der Waals surface area contributed by atoms with Gasteiger partial charge in [0.05, 0.1) is 5.51 Å². The number of sulfonamides is 1. The van der Waals surface area contributed by atoms with Crippen LogP contribution in [0.25, 0.3) is 0 Å². The summed E-state index contributed by atoms with van der Waals surface area (Å²) in [6, 6.07) is 0. The van der Waals surface area contributed by atoms with E-state index in [0.717, 1.165) is 30.6 Å². The van der Waals surface area contributed by atoms with Crippen molar-refractivity contribution >= 4 is 27.3 Å². The second-order valence-corrected chi connectivity index (χ2v) is 7.40. The Labute approximate surface area is 116 Å². The molecule has 0 fully saturated rings. The van der Waals surface area contributed by atoms with Gasteiger partial charge in [0.2, 0.25) is 0 Å². The first-order valence-electron chi connectivity index (χ1n) is 6.01. The molecule has 19 heavy (non-hydrogen) atoms. The quantitative estimate of drug-likeness (QED) is 0.716. The van der Waals surface area contributed by atoms with E-state index in [1.54, 1.807) is 0 Å². The highest BCUT2D eigenvalue weighted by Gasteiger charge is 2.25. The molecular formula is C11H18N2O4S2. The van der Waals surface area contributed by atoms with Crippen LogP contribution in [0.5, 0.6) is 0 Å². The molecule has 1 heterocycles. The van der Waals surface area contributed by atoms with Crippen LogP contribution < -0.4 is 4.72 Å². The van der Waals surface area contributed by atoms with E-state index < -0.39 is 21.7 Å². The molecule has 2 N–H and O–H groups in total. The number of nitrogens with one attached hydrogen (secondary N) is 1. The van der Waals surface area contributed by atoms with Gasteiger partial charge in [-0.3, -0.25) is 0 Å². The van der Waals surface area contributed by atoms with Crippen LogP contribution in [-0.4, -0.2) is 31.0 Å². The third kappa shape index (κ3) is 4.88. The van der Waals surface area contributed by atoms with Gasteiger partial charge in [-0.2, -0.15) is 0 Å². The molecule has 1 aromatic heterocycles. The molecule has 0 saturated carbocycles. The number of carboxylic acid groups (broad SMARTS) is 1. The van der Waals surface area contributed by atoms with Gasteiger partial charge in [-0.15, -0.1) is 11.3 Å². The molecule has 0 aliphatic carbocycles. The highest BCUT2D eigenvalue weighted by molar-refractivity contribution is 7.91. The van der Waals surface area contributed by atoms with Crippen molar-refractivity contribution in [3.8, 4) is 0 Å². The maximum atomic E-state index is 11.9. The molecule has 0 spiro atoms. The molecule has 0 unspecified atom stereocenters. The molecule has 0 radical (unpaired) electrons. The lowest BCUT2D eigenvalue weighted by atomic mass is 10.1. The number of nitrogens with zero attached hydrogens (tertiary/aromatic N) is 1. The summed E-state index contributed by atoms with van der Waals surface area (Å²) in [4.78, 5) is 14.4. The van der Waals surface area contributed by atoms with Gasteiger partial charge in [0.25, 0.3) is 10.0 Å². The van der Waals surface area contributed by atoms with Crippen molar-refractivity contribution in [1.29, 1.82) is 0 Å². The fourth-order valence-electron chi connectivity index (χ4n) is 1.52. The van der Waals surface area contributed by atoms with E-state index in [4.69, 9.17) is 5.11 Å². The first-order chi connectivity index (χ1) is 8.84. The van der Waals surface area contributed by atoms with E-state index in [9.17, 15) is 13.2 Å². The summed E-state index contributed by atoms with van der Waals surface area (Å²) in [6.45, 7) is 4.53. The predicted molar refractivity (Wildman–Crippen MR) is 73.0 cm³/mol. The molecule has 6 nitrogen and oxygen atoms in total. The zero-order valence-electron chi connectivity index (χ0n) is 10.9. The SMILES string of the molecule is CC(C)CCCCNS(=O)(=O)c1scnc1C(=O)O. The summed E-state index contributed by atoms with van der Waals surface area (Å²) in [5.41, 5.74) is 0.802. The van der Waals surface area contributed by atoms with E-state index in [0.29, 0.717) is 12.5 Å². The standard InChI is InChI=1S/C11H18N2O4S2/c1-8(2)5-3-4-6-13-19(16,17)11-9(10(14)15)12-7-18-11/h7-8,13H,3-6H2,1-2H3,(H,14,15). The second kappa shape index (κ2) is 6.97. The lowest BCUT2D eigenvalue weighted by molar-refractivity contribution is 0.0687. The average Bonchev–Trinajstić information content (AvgIpc) is 2.77. The third-order valence-electron chi connectivity index (χ3n) is 2.48. The van der Waals surface area contributed by atoms with Gasteiger partial charge in [0, 0.05) is 6.54 Å². The van der Waals surface area contributed by atoms with Crippen LogP contribution in [0.15, 0.2) is 9.72 Å². The van der Waals surface area contributed by atoms with Crippen LogP contribution in [0.4, 0.5) is 0 Å². The van der Waals surface area contributed by atoms with Crippen molar-refractivity contribution in [3.63, 3.8) is 0 Å². The Balaban J connectivity index is 2.57. The number of carbonyl (C=O) groups is 1. The molecule has 108 valence electrons. The molecule has 0 amide bonds. The van der Waals surface area contributed by atoms with Gasteiger partial charge in [0.15, 0.2) is 9.90 Å². The molecular weight excluding hydrogens is 288 g/mol. The van der Waals surface area contributed by atoms with Gasteiger partial charge in [-0.05, 0) is 12.3 Å². The van der Waals surface area contributed by atoms with Gasteiger partial charge in [-0.25, -0.2) is 22.9 Å². The topological polar surface area (TPSA) is 96.4 Å². The minimum Gasteiger partial charge on any atom is -0.476 e. The average molecular weight is 306 g/mol. The molecule has 0 aromatic carbocycles. The maximum Gasteiger partial charge on any atom is 0.356 e. The van der Waals surface area contributed by atoms with E-state index in [-0.39, 0.29) is 4.21 Å². The van der Waals surface area contributed by atoms with Crippen LogP contribution in [0, 0.1) is 5.92 Å². The monoisotopic (exact) mass is 306 g/mol. The lowest BCUT2D eigenvalue weighted by Gasteiger charge is -2.06. The van der Waals surface area contributed by atoms with Crippen molar-refractivity contribution in [2.45, 2.75) is 37.3 Å². The molecule has 0 saturated heterocycles. The van der Waals surface area contributed by atoms with Gasteiger partial charge >= 0.3 is 5.97 Å². The van der Waals surface area contributed by atoms with E-state index >= 15 is 0 Å². The Morgan fingerprint density at radius 3 is 2.74 bits per heavy atom. The number of thiazole rings is 1. The highest BCUT2D eigenvalue weighted by atomic mass is 32.2. The van der Waals surface area contributed by atoms with Gasteiger partial charge in [-0.1, -0.05) is 26.7 Å². The van der Waals surface area contributed by atoms with Crippen molar-refractivity contribution in [2.24, 2.45) is 5.92 Å². The minimum atomic E-state index is -3.77. The van der Waals surface area contributed by atoms with Crippen LogP contribution in [0.2, 0.25) is 0 Å². The summed E-state index contributed by atoms with van der Waals surface area (Å²) >= 11 is 0.811. The predicted octanol–water partition coefficient (Wildman–Crippen LogP) is 1.95. The number of hydrogen-bond acceptors (Lipinski definition) is 5. The number of aromatic nitrogens is 1. The summed E-state index contributed by atoms with van der Waals surface area (Å²) < 4.78 is 26.0. The Morgan fingerprint density at radius 2 is 2.16 bits per heavy atom. The van der Waals surface area contributed by atoms with Crippen molar-refractivity contribution in [2.75, 3.05) is 6.54 Å². The summed E-state index contributed by atoms with van der Waals surface area (Å²) in [5, 5.41) is 8.84. The lowest BCUT2D eigenvalue weighted by Crippen LogP contribution is -2.25. The van der Waals surface area contributed by atoms with Gasteiger partial charge < -0.3 is 5.11 Å². The normalized spacial score (nSPS) is 11.9. The molecule has 1 aromatic rings.